The van der Waals surface area contributed by atoms with Crippen molar-refractivity contribution in [1.29, 1.82) is 0 Å². The molecule has 0 fully saturated rings. The first-order valence-electron chi connectivity index (χ1n) is 8.18. The molecule has 0 radical (unpaired) electrons. The van der Waals surface area contributed by atoms with Gasteiger partial charge in [0.25, 0.3) is 11.6 Å². The summed E-state index contributed by atoms with van der Waals surface area (Å²) >= 11 is 0. The van der Waals surface area contributed by atoms with E-state index in [1.165, 1.54) is 18.2 Å². The maximum absolute atomic E-state index is 12.5. The average molecular weight is 356 g/mol. The number of nitro groups is 1. The van der Waals surface area contributed by atoms with Crippen molar-refractivity contribution < 1.29 is 19.6 Å². The van der Waals surface area contributed by atoms with Gasteiger partial charge in [0.1, 0.15) is 0 Å². The number of nitrogens with zero attached hydrogens (tertiary/aromatic N) is 1. The van der Waals surface area contributed by atoms with Crippen molar-refractivity contribution in [2.45, 2.75) is 32.2 Å². The molecular formula is C19H20N2O5. The van der Waals surface area contributed by atoms with Gasteiger partial charge in [-0.1, -0.05) is 36.4 Å². The van der Waals surface area contributed by atoms with Gasteiger partial charge in [0.05, 0.1) is 4.92 Å². The molecule has 2 aromatic rings. The monoisotopic (exact) mass is 356 g/mol. The number of rotatable bonds is 8. The molecule has 0 aliphatic rings. The molecule has 0 aliphatic heterocycles. The summed E-state index contributed by atoms with van der Waals surface area (Å²) in [6.45, 7) is 1.60. The summed E-state index contributed by atoms with van der Waals surface area (Å²) in [4.78, 5) is 33.9. The van der Waals surface area contributed by atoms with Gasteiger partial charge >= 0.3 is 5.97 Å². The minimum Gasteiger partial charge on any atom is -0.481 e. The van der Waals surface area contributed by atoms with E-state index in [0.717, 1.165) is 5.56 Å². The molecule has 1 unspecified atom stereocenters. The molecule has 0 aliphatic carbocycles. The first-order chi connectivity index (χ1) is 12.4. The summed E-state index contributed by atoms with van der Waals surface area (Å²) in [6, 6.07) is 13.3. The second kappa shape index (κ2) is 8.75. The van der Waals surface area contributed by atoms with E-state index in [1.807, 2.05) is 30.3 Å². The fourth-order valence-corrected chi connectivity index (χ4v) is 2.64. The summed E-state index contributed by atoms with van der Waals surface area (Å²) in [5.41, 5.74) is 1.50. The van der Waals surface area contributed by atoms with Crippen molar-refractivity contribution in [3.05, 3.63) is 75.3 Å². The van der Waals surface area contributed by atoms with Crippen molar-refractivity contribution in [2.24, 2.45) is 0 Å². The van der Waals surface area contributed by atoms with Crippen molar-refractivity contribution in [3.8, 4) is 0 Å². The van der Waals surface area contributed by atoms with E-state index in [0.29, 0.717) is 12.0 Å². The second-order valence-corrected chi connectivity index (χ2v) is 6.05. The number of nitrogens with one attached hydrogen (secondary N) is 1. The highest BCUT2D eigenvalue weighted by atomic mass is 16.6. The number of carboxylic acid groups (broad SMARTS) is 1. The van der Waals surface area contributed by atoms with E-state index in [1.54, 1.807) is 6.92 Å². The summed E-state index contributed by atoms with van der Waals surface area (Å²) in [7, 11) is 0. The van der Waals surface area contributed by atoms with Crippen LogP contribution in [0, 0.1) is 17.0 Å². The molecule has 2 rings (SSSR count). The Morgan fingerprint density at radius 2 is 1.88 bits per heavy atom. The van der Waals surface area contributed by atoms with Gasteiger partial charge < -0.3 is 10.4 Å². The second-order valence-electron chi connectivity index (χ2n) is 6.05. The fraction of sp³-hybridized carbons (Fsp3) is 0.263. The van der Waals surface area contributed by atoms with Gasteiger partial charge in [-0.25, -0.2) is 0 Å². The lowest BCUT2D eigenvalue weighted by atomic mass is 10.0. The average Bonchev–Trinajstić information content (AvgIpc) is 2.60. The van der Waals surface area contributed by atoms with Crippen LogP contribution in [0.5, 0.6) is 0 Å². The van der Waals surface area contributed by atoms with E-state index >= 15 is 0 Å². The number of aryl methyl sites for hydroxylation is 1. The van der Waals surface area contributed by atoms with E-state index in [4.69, 9.17) is 5.11 Å². The molecule has 7 heteroatoms. The van der Waals surface area contributed by atoms with E-state index in [2.05, 4.69) is 5.32 Å². The Labute approximate surface area is 150 Å². The van der Waals surface area contributed by atoms with Crippen LogP contribution in [0.15, 0.2) is 48.5 Å². The first-order valence-corrected chi connectivity index (χ1v) is 8.18. The van der Waals surface area contributed by atoms with Crippen molar-refractivity contribution in [2.75, 3.05) is 0 Å². The molecule has 0 spiro atoms. The number of carbonyl (C=O) groups excluding carboxylic acids is 1. The maximum Gasteiger partial charge on any atom is 0.303 e. The normalized spacial score (nSPS) is 11.6. The Bertz CT molecular complexity index is 805. The molecule has 0 aromatic heterocycles. The number of aliphatic carboxylic acids is 1. The number of nitro benzene ring substituents is 1. The Morgan fingerprint density at radius 3 is 2.50 bits per heavy atom. The summed E-state index contributed by atoms with van der Waals surface area (Å²) < 4.78 is 0. The topological polar surface area (TPSA) is 110 Å². The molecule has 0 saturated carbocycles. The lowest BCUT2D eigenvalue weighted by Crippen LogP contribution is -2.37. The molecule has 0 bridgehead atoms. The SMILES string of the molecule is Cc1ccc(C(=O)NC(CCC(=O)O)Cc2ccccc2)cc1[N+](=O)[O-]. The third-order valence-electron chi connectivity index (χ3n) is 4.03. The van der Waals surface area contributed by atoms with Crippen LogP contribution < -0.4 is 5.32 Å². The van der Waals surface area contributed by atoms with E-state index < -0.39 is 16.8 Å². The minimum atomic E-state index is -0.941. The Kier molecular flexibility index (Phi) is 6.43. The number of hydrogen-bond acceptors (Lipinski definition) is 4. The first kappa shape index (κ1) is 19.1. The highest BCUT2D eigenvalue weighted by Gasteiger charge is 2.19. The number of benzene rings is 2. The quantitative estimate of drug-likeness (QED) is 0.558. The Morgan fingerprint density at radius 1 is 1.19 bits per heavy atom. The molecule has 0 heterocycles. The predicted molar refractivity (Wildman–Crippen MR) is 96.1 cm³/mol. The van der Waals surface area contributed by atoms with Crippen LogP contribution >= 0.6 is 0 Å². The molecule has 1 atom stereocenters. The standard InChI is InChI=1S/C19H20N2O5/c1-13-7-8-15(12-17(13)21(25)26)19(24)20-16(9-10-18(22)23)11-14-5-3-2-4-6-14/h2-8,12,16H,9-11H2,1H3,(H,20,24)(H,22,23). The molecule has 26 heavy (non-hydrogen) atoms. The van der Waals surface area contributed by atoms with Crippen molar-refractivity contribution >= 4 is 17.6 Å². The minimum absolute atomic E-state index is 0.0776. The maximum atomic E-state index is 12.5. The predicted octanol–water partition coefficient (Wildman–Crippen LogP) is 3.11. The Balaban J connectivity index is 2.15. The highest BCUT2D eigenvalue weighted by Crippen LogP contribution is 2.19. The largest absolute Gasteiger partial charge is 0.481 e. The summed E-state index contributed by atoms with van der Waals surface area (Å²) in [5.74, 6) is -1.40. The lowest BCUT2D eigenvalue weighted by Gasteiger charge is -2.18. The molecule has 0 saturated heterocycles. The zero-order chi connectivity index (χ0) is 19.1. The fourth-order valence-electron chi connectivity index (χ4n) is 2.64. The van der Waals surface area contributed by atoms with Crippen LogP contribution in [0.1, 0.15) is 34.3 Å². The zero-order valence-corrected chi connectivity index (χ0v) is 14.3. The van der Waals surface area contributed by atoms with Crippen LogP contribution in [0.25, 0.3) is 0 Å². The van der Waals surface area contributed by atoms with E-state index in [9.17, 15) is 19.7 Å². The molecule has 1 amide bonds. The molecule has 136 valence electrons. The van der Waals surface area contributed by atoms with Crippen LogP contribution in [-0.4, -0.2) is 27.9 Å². The number of hydrogen-bond donors (Lipinski definition) is 2. The smallest absolute Gasteiger partial charge is 0.303 e. The van der Waals surface area contributed by atoms with Gasteiger partial charge in [0.2, 0.25) is 0 Å². The Hall–Kier alpha value is -3.22. The molecule has 7 nitrogen and oxygen atoms in total. The highest BCUT2D eigenvalue weighted by molar-refractivity contribution is 5.95. The van der Waals surface area contributed by atoms with Gasteiger partial charge in [0.15, 0.2) is 0 Å². The van der Waals surface area contributed by atoms with Crippen LogP contribution in [0.4, 0.5) is 5.69 Å². The van der Waals surface area contributed by atoms with Crippen LogP contribution in [-0.2, 0) is 11.2 Å². The zero-order valence-electron chi connectivity index (χ0n) is 14.3. The summed E-state index contributed by atoms with van der Waals surface area (Å²) in [6.07, 6.45) is 0.670. The summed E-state index contributed by atoms with van der Waals surface area (Å²) in [5, 5.41) is 22.8. The third kappa shape index (κ3) is 5.41. The van der Waals surface area contributed by atoms with E-state index in [-0.39, 0.29) is 30.1 Å². The molecular weight excluding hydrogens is 336 g/mol. The lowest BCUT2D eigenvalue weighted by molar-refractivity contribution is -0.385. The van der Waals surface area contributed by atoms with Crippen molar-refractivity contribution in [1.82, 2.24) is 5.32 Å². The van der Waals surface area contributed by atoms with Gasteiger partial charge in [-0.3, -0.25) is 19.7 Å². The van der Waals surface area contributed by atoms with Gasteiger partial charge in [-0.15, -0.1) is 0 Å². The number of carbonyl (C=O) groups is 2. The molecule has 2 N–H and O–H groups in total. The van der Waals surface area contributed by atoms with Gasteiger partial charge in [-0.2, -0.15) is 0 Å². The van der Waals surface area contributed by atoms with Crippen LogP contribution in [0.2, 0.25) is 0 Å². The van der Waals surface area contributed by atoms with Crippen molar-refractivity contribution in [3.63, 3.8) is 0 Å². The van der Waals surface area contributed by atoms with Gasteiger partial charge in [0, 0.05) is 29.7 Å². The molecule has 2 aromatic carbocycles. The third-order valence-corrected chi connectivity index (χ3v) is 4.03. The number of carboxylic acids is 1. The number of amides is 1. The van der Waals surface area contributed by atoms with Gasteiger partial charge in [-0.05, 0) is 31.4 Å². The van der Waals surface area contributed by atoms with Crippen LogP contribution in [0.3, 0.4) is 0 Å².